The molecule has 1 fully saturated rings. The number of pyridine rings is 1. The molecule has 16 heavy (non-hydrogen) atoms. The van der Waals surface area contributed by atoms with Gasteiger partial charge in [0.25, 0.3) is 0 Å². The van der Waals surface area contributed by atoms with Crippen LogP contribution in [-0.2, 0) is 6.54 Å². The van der Waals surface area contributed by atoms with Crippen LogP contribution >= 0.6 is 0 Å². The molecule has 0 amide bonds. The van der Waals surface area contributed by atoms with Gasteiger partial charge >= 0.3 is 0 Å². The van der Waals surface area contributed by atoms with E-state index in [-0.39, 0.29) is 0 Å². The summed E-state index contributed by atoms with van der Waals surface area (Å²) < 4.78 is 2.08. The second-order valence-electron chi connectivity index (χ2n) is 4.36. The van der Waals surface area contributed by atoms with Crippen molar-refractivity contribution in [3.05, 3.63) is 35.8 Å². The quantitative estimate of drug-likeness (QED) is 0.783. The molecule has 1 atom stereocenters. The largest absolute Gasteiger partial charge is 0.326 e. The number of nitrogens with one attached hydrogen (secondary N) is 1. The lowest BCUT2D eigenvalue weighted by Gasteiger charge is -2.01. The van der Waals surface area contributed by atoms with Gasteiger partial charge in [-0.1, -0.05) is 6.07 Å². The van der Waals surface area contributed by atoms with Gasteiger partial charge in [0.2, 0.25) is 0 Å². The van der Waals surface area contributed by atoms with Crippen LogP contribution in [0.2, 0.25) is 0 Å². The third kappa shape index (κ3) is 1.60. The van der Waals surface area contributed by atoms with Crippen molar-refractivity contribution in [2.24, 2.45) is 5.73 Å². The molecule has 0 aromatic carbocycles. The Kier molecular flexibility index (Phi) is 2.38. The summed E-state index contributed by atoms with van der Waals surface area (Å²) in [6.45, 7) is 2.73. The van der Waals surface area contributed by atoms with Gasteiger partial charge in [0.1, 0.15) is 5.65 Å². The van der Waals surface area contributed by atoms with Crippen LogP contribution < -0.4 is 11.1 Å². The van der Waals surface area contributed by atoms with Gasteiger partial charge in [0, 0.05) is 31.4 Å². The molecule has 1 unspecified atom stereocenters. The lowest BCUT2D eigenvalue weighted by Crippen LogP contribution is -2.07. The van der Waals surface area contributed by atoms with Crippen LogP contribution in [0.1, 0.15) is 23.6 Å². The Morgan fingerprint density at radius 3 is 3.12 bits per heavy atom. The number of fused-ring (bicyclic) bond motifs is 1. The summed E-state index contributed by atoms with van der Waals surface area (Å²) >= 11 is 0. The van der Waals surface area contributed by atoms with Crippen LogP contribution in [0.15, 0.2) is 24.5 Å². The fraction of sp³-hybridized carbons (Fsp3) is 0.417. The number of imidazole rings is 1. The van der Waals surface area contributed by atoms with E-state index in [2.05, 4.69) is 27.1 Å². The van der Waals surface area contributed by atoms with Crippen LogP contribution in [0.25, 0.3) is 5.65 Å². The second-order valence-corrected chi connectivity index (χ2v) is 4.36. The first kappa shape index (κ1) is 9.81. The van der Waals surface area contributed by atoms with Crippen molar-refractivity contribution < 1.29 is 0 Å². The Bertz CT molecular complexity index is 497. The maximum absolute atomic E-state index is 5.63. The molecule has 3 rings (SSSR count). The fourth-order valence-corrected chi connectivity index (χ4v) is 2.28. The minimum absolute atomic E-state index is 0.571. The summed E-state index contributed by atoms with van der Waals surface area (Å²) in [5, 5.41) is 3.37. The molecule has 4 heteroatoms. The maximum Gasteiger partial charge on any atom is 0.137 e. The van der Waals surface area contributed by atoms with E-state index >= 15 is 0 Å². The smallest absolute Gasteiger partial charge is 0.137 e. The van der Waals surface area contributed by atoms with E-state index in [4.69, 9.17) is 5.73 Å². The SMILES string of the molecule is NCc1ccc2nc(C3CCNC3)cn2c1. The number of rotatable bonds is 2. The third-order valence-corrected chi connectivity index (χ3v) is 3.25. The molecule has 2 aromatic rings. The van der Waals surface area contributed by atoms with E-state index < -0.39 is 0 Å². The van der Waals surface area contributed by atoms with Gasteiger partial charge < -0.3 is 15.5 Å². The average Bonchev–Trinajstić information content (AvgIpc) is 2.96. The summed E-state index contributed by atoms with van der Waals surface area (Å²) in [5.41, 5.74) is 8.97. The Hall–Kier alpha value is -1.39. The van der Waals surface area contributed by atoms with E-state index in [1.807, 2.05) is 12.1 Å². The first-order chi connectivity index (χ1) is 7.86. The molecule has 0 aliphatic carbocycles. The molecule has 2 aromatic heterocycles. The zero-order valence-corrected chi connectivity index (χ0v) is 9.19. The molecule has 0 spiro atoms. The van der Waals surface area contributed by atoms with Crippen molar-refractivity contribution in [1.82, 2.24) is 14.7 Å². The fourth-order valence-electron chi connectivity index (χ4n) is 2.28. The van der Waals surface area contributed by atoms with Gasteiger partial charge in [-0.15, -0.1) is 0 Å². The van der Waals surface area contributed by atoms with Crippen molar-refractivity contribution in [1.29, 1.82) is 0 Å². The minimum Gasteiger partial charge on any atom is -0.326 e. The second kappa shape index (κ2) is 3.88. The van der Waals surface area contributed by atoms with Gasteiger partial charge in [0.15, 0.2) is 0 Å². The molecular weight excluding hydrogens is 200 g/mol. The predicted molar refractivity (Wildman–Crippen MR) is 63.3 cm³/mol. The highest BCUT2D eigenvalue weighted by Gasteiger charge is 2.19. The Balaban J connectivity index is 2.01. The Morgan fingerprint density at radius 1 is 1.44 bits per heavy atom. The van der Waals surface area contributed by atoms with Crippen molar-refractivity contribution in [2.75, 3.05) is 13.1 Å². The summed E-state index contributed by atoms with van der Waals surface area (Å²) in [7, 11) is 0. The molecule has 3 heterocycles. The number of hydrogen-bond donors (Lipinski definition) is 2. The number of hydrogen-bond acceptors (Lipinski definition) is 3. The average molecular weight is 216 g/mol. The highest BCUT2D eigenvalue weighted by atomic mass is 15.0. The zero-order valence-electron chi connectivity index (χ0n) is 9.19. The van der Waals surface area contributed by atoms with Crippen LogP contribution in [0.4, 0.5) is 0 Å². The first-order valence-electron chi connectivity index (χ1n) is 5.75. The number of aromatic nitrogens is 2. The molecule has 0 saturated carbocycles. The van der Waals surface area contributed by atoms with Gasteiger partial charge in [-0.05, 0) is 24.6 Å². The maximum atomic E-state index is 5.63. The number of nitrogens with two attached hydrogens (primary N) is 1. The molecule has 4 nitrogen and oxygen atoms in total. The van der Waals surface area contributed by atoms with Crippen LogP contribution in [-0.4, -0.2) is 22.5 Å². The molecule has 1 aliphatic rings. The van der Waals surface area contributed by atoms with Crippen molar-refractivity contribution in [3.63, 3.8) is 0 Å². The first-order valence-corrected chi connectivity index (χ1v) is 5.75. The molecule has 1 aliphatic heterocycles. The molecular formula is C12H16N4. The highest BCUT2D eigenvalue weighted by Crippen LogP contribution is 2.21. The number of nitrogens with zero attached hydrogens (tertiary/aromatic N) is 2. The van der Waals surface area contributed by atoms with E-state index in [1.165, 1.54) is 12.1 Å². The normalized spacial score (nSPS) is 20.7. The summed E-state index contributed by atoms with van der Waals surface area (Å²) in [4.78, 5) is 4.65. The van der Waals surface area contributed by atoms with Crippen LogP contribution in [0.3, 0.4) is 0 Å². The van der Waals surface area contributed by atoms with Gasteiger partial charge in [-0.2, -0.15) is 0 Å². The van der Waals surface area contributed by atoms with E-state index in [9.17, 15) is 0 Å². The van der Waals surface area contributed by atoms with E-state index in [1.54, 1.807) is 0 Å². The van der Waals surface area contributed by atoms with E-state index in [0.29, 0.717) is 12.5 Å². The topological polar surface area (TPSA) is 55.3 Å². The van der Waals surface area contributed by atoms with Crippen LogP contribution in [0, 0.1) is 0 Å². The molecule has 1 saturated heterocycles. The lowest BCUT2D eigenvalue weighted by atomic mass is 10.1. The Labute approximate surface area is 94.5 Å². The molecule has 0 radical (unpaired) electrons. The summed E-state index contributed by atoms with van der Waals surface area (Å²) in [6, 6.07) is 4.08. The predicted octanol–water partition coefficient (Wildman–Crippen LogP) is 0.870. The van der Waals surface area contributed by atoms with Crippen molar-refractivity contribution in [2.45, 2.75) is 18.9 Å². The standard InChI is InChI=1S/C12H16N4/c13-5-9-1-2-12-15-11(8-16(12)7-9)10-3-4-14-6-10/h1-2,7-8,10,14H,3-6,13H2. The van der Waals surface area contributed by atoms with Gasteiger partial charge in [-0.3, -0.25) is 0 Å². The lowest BCUT2D eigenvalue weighted by molar-refractivity contribution is 0.741. The Morgan fingerprint density at radius 2 is 2.38 bits per heavy atom. The molecule has 3 N–H and O–H groups in total. The van der Waals surface area contributed by atoms with Gasteiger partial charge in [0.05, 0.1) is 5.69 Å². The van der Waals surface area contributed by atoms with Crippen molar-refractivity contribution >= 4 is 5.65 Å². The minimum atomic E-state index is 0.571. The van der Waals surface area contributed by atoms with E-state index in [0.717, 1.165) is 24.3 Å². The highest BCUT2D eigenvalue weighted by molar-refractivity contribution is 5.42. The zero-order chi connectivity index (χ0) is 11.0. The van der Waals surface area contributed by atoms with Crippen molar-refractivity contribution in [3.8, 4) is 0 Å². The third-order valence-electron chi connectivity index (χ3n) is 3.25. The monoisotopic (exact) mass is 216 g/mol. The van der Waals surface area contributed by atoms with Crippen LogP contribution in [0.5, 0.6) is 0 Å². The summed E-state index contributed by atoms with van der Waals surface area (Å²) in [5.74, 6) is 0.571. The molecule has 0 bridgehead atoms. The van der Waals surface area contributed by atoms with Gasteiger partial charge in [-0.25, -0.2) is 4.98 Å². The summed E-state index contributed by atoms with van der Waals surface area (Å²) in [6.07, 6.45) is 5.38. The molecule has 84 valence electrons.